The van der Waals surface area contributed by atoms with Gasteiger partial charge >= 0.3 is 5.97 Å². The molecule has 6 heteroatoms. The zero-order valence-electron chi connectivity index (χ0n) is 16.4. The number of amides is 1. The van der Waals surface area contributed by atoms with Crippen LogP contribution in [-0.2, 0) is 14.3 Å². The van der Waals surface area contributed by atoms with E-state index in [0.29, 0.717) is 36.2 Å². The van der Waals surface area contributed by atoms with Crippen LogP contribution >= 0.6 is 11.3 Å². The van der Waals surface area contributed by atoms with Crippen LogP contribution in [0.5, 0.6) is 0 Å². The van der Waals surface area contributed by atoms with Gasteiger partial charge in [0.2, 0.25) is 5.91 Å². The number of esters is 1. The Balaban J connectivity index is 2.01. The third-order valence-electron chi connectivity index (χ3n) is 5.05. The van der Waals surface area contributed by atoms with E-state index in [1.807, 2.05) is 50.2 Å². The van der Waals surface area contributed by atoms with Gasteiger partial charge in [0.05, 0.1) is 12.8 Å². The van der Waals surface area contributed by atoms with E-state index in [0.717, 1.165) is 10.4 Å². The van der Waals surface area contributed by atoms with Crippen LogP contribution in [-0.4, -0.2) is 30.8 Å². The molecule has 28 heavy (non-hydrogen) atoms. The Hall–Kier alpha value is -2.47. The van der Waals surface area contributed by atoms with Crippen LogP contribution in [0.15, 0.2) is 36.4 Å². The highest BCUT2D eigenvalue weighted by Crippen LogP contribution is 2.39. The molecule has 0 N–H and O–H groups in total. The Bertz CT molecular complexity index is 862. The Labute approximate surface area is 169 Å². The van der Waals surface area contributed by atoms with Gasteiger partial charge in [0.1, 0.15) is 10.7 Å². The van der Waals surface area contributed by atoms with E-state index in [4.69, 9.17) is 4.74 Å². The molecule has 5 nitrogen and oxygen atoms in total. The van der Waals surface area contributed by atoms with Gasteiger partial charge in [-0.05, 0) is 38.3 Å². The molecule has 0 saturated heterocycles. The number of carbonyl (C=O) groups excluding carboxylic acids is 3. The molecule has 1 aliphatic rings. The molecule has 3 rings (SSSR count). The van der Waals surface area contributed by atoms with Crippen LogP contribution in [0.4, 0.5) is 5.69 Å². The summed E-state index contributed by atoms with van der Waals surface area (Å²) >= 11 is 1.33. The Kier molecular flexibility index (Phi) is 6.29. The first-order valence-electron chi connectivity index (χ1n) is 9.54. The summed E-state index contributed by atoms with van der Waals surface area (Å²) in [4.78, 5) is 40.4. The standard InChI is InChI=1S/C22H25NO4S/c1-14(2)23(21(25)16-9-11-17(24)12-10-16)18-13-19(15-7-5-4-6-8-15)28-20(18)22(26)27-3/h4-8,13-14,16H,9-12H2,1-3H3. The lowest BCUT2D eigenvalue weighted by atomic mass is 9.87. The number of ether oxygens (including phenoxy) is 1. The molecule has 1 aromatic carbocycles. The summed E-state index contributed by atoms with van der Waals surface area (Å²) in [5, 5.41) is 0. The van der Waals surface area contributed by atoms with E-state index in [2.05, 4.69) is 0 Å². The molecular weight excluding hydrogens is 374 g/mol. The summed E-state index contributed by atoms with van der Waals surface area (Å²) in [6.45, 7) is 3.87. The number of benzene rings is 1. The number of ketones is 1. The zero-order chi connectivity index (χ0) is 20.3. The smallest absolute Gasteiger partial charge is 0.350 e. The summed E-state index contributed by atoms with van der Waals surface area (Å²) in [6, 6.07) is 11.6. The number of hydrogen-bond donors (Lipinski definition) is 0. The quantitative estimate of drug-likeness (QED) is 0.684. The van der Waals surface area contributed by atoms with Gasteiger partial charge in [-0.15, -0.1) is 11.3 Å². The molecule has 0 spiro atoms. The predicted molar refractivity (Wildman–Crippen MR) is 111 cm³/mol. The molecule has 0 aliphatic heterocycles. The lowest BCUT2D eigenvalue weighted by Gasteiger charge is -2.32. The molecule has 1 saturated carbocycles. The van der Waals surface area contributed by atoms with E-state index < -0.39 is 5.97 Å². The van der Waals surface area contributed by atoms with Crippen molar-refractivity contribution < 1.29 is 19.1 Å². The second kappa shape index (κ2) is 8.69. The lowest BCUT2D eigenvalue weighted by molar-refractivity contribution is -0.126. The zero-order valence-corrected chi connectivity index (χ0v) is 17.3. The number of thiophene rings is 1. The van der Waals surface area contributed by atoms with Crippen LogP contribution in [0.1, 0.15) is 49.2 Å². The number of carbonyl (C=O) groups is 3. The lowest BCUT2D eigenvalue weighted by Crippen LogP contribution is -2.42. The van der Waals surface area contributed by atoms with Crippen molar-refractivity contribution in [2.45, 2.75) is 45.6 Å². The van der Waals surface area contributed by atoms with Crippen molar-refractivity contribution in [3.05, 3.63) is 41.3 Å². The van der Waals surface area contributed by atoms with E-state index in [1.165, 1.54) is 18.4 Å². The van der Waals surface area contributed by atoms with Gasteiger partial charge in [0.15, 0.2) is 0 Å². The Morgan fingerprint density at radius 3 is 2.36 bits per heavy atom. The van der Waals surface area contributed by atoms with Gasteiger partial charge in [-0.25, -0.2) is 4.79 Å². The van der Waals surface area contributed by atoms with E-state index in [1.54, 1.807) is 4.90 Å². The van der Waals surface area contributed by atoms with E-state index >= 15 is 0 Å². The molecule has 148 valence electrons. The first-order chi connectivity index (χ1) is 13.4. The first kappa shape index (κ1) is 20.3. The average Bonchev–Trinajstić information content (AvgIpc) is 3.13. The largest absolute Gasteiger partial charge is 0.465 e. The molecule has 0 radical (unpaired) electrons. The van der Waals surface area contributed by atoms with Crippen molar-refractivity contribution in [1.29, 1.82) is 0 Å². The molecule has 1 aromatic heterocycles. The summed E-state index contributed by atoms with van der Waals surface area (Å²) < 4.78 is 4.98. The Morgan fingerprint density at radius 2 is 1.79 bits per heavy atom. The third-order valence-corrected chi connectivity index (χ3v) is 6.20. The average molecular weight is 400 g/mol. The number of methoxy groups -OCH3 is 1. The van der Waals surface area contributed by atoms with Gasteiger partial charge in [-0.1, -0.05) is 30.3 Å². The van der Waals surface area contributed by atoms with Gasteiger partial charge < -0.3 is 9.64 Å². The van der Waals surface area contributed by atoms with Crippen molar-refractivity contribution in [3.8, 4) is 10.4 Å². The highest BCUT2D eigenvalue weighted by Gasteiger charge is 2.33. The van der Waals surface area contributed by atoms with Gasteiger partial charge in [0.25, 0.3) is 0 Å². The van der Waals surface area contributed by atoms with Crippen molar-refractivity contribution in [2.75, 3.05) is 12.0 Å². The fourth-order valence-corrected chi connectivity index (χ4v) is 4.65. The first-order valence-corrected chi connectivity index (χ1v) is 10.4. The highest BCUT2D eigenvalue weighted by molar-refractivity contribution is 7.18. The van der Waals surface area contributed by atoms with E-state index in [9.17, 15) is 14.4 Å². The molecule has 1 fully saturated rings. The van der Waals surface area contributed by atoms with E-state index in [-0.39, 0.29) is 23.7 Å². The second-order valence-corrected chi connectivity index (χ2v) is 8.35. The second-order valence-electron chi connectivity index (χ2n) is 7.30. The summed E-state index contributed by atoms with van der Waals surface area (Å²) in [7, 11) is 1.35. The number of nitrogens with zero attached hydrogens (tertiary/aromatic N) is 1. The number of Topliss-reactive ketones (excluding diaryl/α,β-unsaturated/α-hetero) is 1. The van der Waals surface area contributed by atoms with Crippen LogP contribution in [0.3, 0.4) is 0 Å². The van der Waals surface area contributed by atoms with Gasteiger partial charge in [-0.3, -0.25) is 9.59 Å². The Morgan fingerprint density at radius 1 is 1.14 bits per heavy atom. The fourth-order valence-electron chi connectivity index (χ4n) is 3.58. The monoisotopic (exact) mass is 399 g/mol. The van der Waals surface area contributed by atoms with Gasteiger partial charge in [-0.2, -0.15) is 0 Å². The van der Waals surface area contributed by atoms with Crippen LogP contribution in [0.25, 0.3) is 10.4 Å². The molecule has 2 aromatic rings. The molecular formula is C22H25NO4S. The predicted octanol–water partition coefficient (Wildman–Crippen LogP) is 4.70. The molecule has 1 amide bonds. The van der Waals surface area contributed by atoms with Crippen LogP contribution in [0.2, 0.25) is 0 Å². The number of hydrogen-bond acceptors (Lipinski definition) is 5. The van der Waals surface area contributed by atoms with Crippen LogP contribution in [0, 0.1) is 5.92 Å². The topological polar surface area (TPSA) is 63.7 Å². The highest BCUT2D eigenvalue weighted by atomic mass is 32.1. The summed E-state index contributed by atoms with van der Waals surface area (Å²) in [5.74, 6) is -0.438. The molecule has 1 heterocycles. The minimum absolute atomic E-state index is 0.0231. The van der Waals surface area contributed by atoms with Crippen LogP contribution < -0.4 is 4.90 Å². The summed E-state index contributed by atoms with van der Waals surface area (Å²) in [5.41, 5.74) is 1.58. The fraction of sp³-hybridized carbons (Fsp3) is 0.409. The minimum atomic E-state index is -0.445. The molecule has 0 atom stereocenters. The van der Waals surface area contributed by atoms with Crippen molar-refractivity contribution in [3.63, 3.8) is 0 Å². The van der Waals surface area contributed by atoms with Crippen molar-refractivity contribution in [1.82, 2.24) is 0 Å². The molecule has 0 unspecified atom stereocenters. The molecule has 1 aliphatic carbocycles. The van der Waals surface area contributed by atoms with Crippen molar-refractivity contribution in [2.24, 2.45) is 5.92 Å². The summed E-state index contributed by atoms with van der Waals surface area (Å²) in [6.07, 6.45) is 2.05. The minimum Gasteiger partial charge on any atom is -0.465 e. The van der Waals surface area contributed by atoms with Crippen molar-refractivity contribution >= 4 is 34.7 Å². The number of rotatable bonds is 5. The normalized spacial score (nSPS) is 14.9. The maximum absolute atomic E-state index is 13.3. The third kappa shape index (κ3) is 4.17. The SMILES string of the molecule is COC(=O)c1sc(-c2ccccc2)cc1N(C(=O)C1CCC(=O)CC1)C(C)C. The molecule has 0 bridgehead atoms. The number of anilines is 1. The van der Waals surface area contributed by atoms with Gasteiger partial charge in [0, 0.05) is 29.7 Å². The maximum atomic E-state index is 13.3. The maximum Gasteiger partial charge on any atom is 0.350 e.